The van der Waals surface area contributed by atoms with Crippen molar-refractivity contribution in [2.75, 3.05) is 0 Å². The van der Waals surface area contributed by atoms with Crippen LogP contribution < -0.4 is 0 Å². The van der Waals surface area contributed by atoms with Crippen molar-refractivity contribution in [3.05, 3.63) is 72.1 Å². The average Bonchev–Trinajstić information content (AvgIpc) is 3.09. The number of aromatic nitrogens is 5. The van der Waals surface area contributed by atoms with Crippen molar-refractivity contribution in [2.24, 2.45) is 0 Å². The smallest absolute Gasteiger partial charge is 0.164 e. The van der Waals surface area contributed by atoms with Gasteiger partial charge >= 0.3 is 0 Å². The molecular weight excluding hydrogens is 335 g/mol. The molecule has 0 spiro atoms. The van der Waals surface area contributed by atoms with Gasteiger partial charge in [-0.1, -0.05) is 19.1 Å². The van der Waals surface area contributed by atoms with Crippen LogP contribution in [0.4, 0.5) is 13.2 Å². The second kappa shape index (κ2) is 6.60. The normalized spacial score (nSPS) is 14.9. The minimum absolute atomic E-state index is 0.124. The number of aliphatic hydroxyl groups is 1. The highest BCUT2D eigenvalue weighted by Gasteiger charge is 2.42. The third-order valence-electron chi connectivity index (χ3n) is 4.11. The van der Waals surface area contributed by atoms with Gasteiger partial charge in [-0.15, -0.1) is 0 Å². The van der Waals surface area contributed by atoms with Crippen molar-refractivity contribution in [1.82, 2.24) is 24.7 Å². The maximum absolute atomic E-state index is 14.4. The quantitative estimate of drug-likeness (QED) is 0.764. The molecule has 2 atom stereocenters. The van der Waals surface area contributed by atoms with Crippen molar-refractivity contribution < 1.29 is 18.3 Å². The van der Waals surface area contributed by atoms with E-state index in [0.717, 1.165) is 18.6 Å². The zero-order valence-electron chi connectivity index (χ0n) is 13.1. The van der Waals surface area contributed by atoms with Crippen LogP contribution in [-0.2, 0) is 12.1 Å². The van der Waals surface area contributed by atoms with Crippen molar-refractivity contribution in [2.45, 2.75) is 25.0 Å². The SMILES string of the molecule is C[C@@H](c1ncncc1F)[C@](O)(Cn1cncn1)c1cccc(F)c1F. The summed E-state index contributed by atoms with van der Waals surface area (Å²) in [5, 5.41) is 15.2. The van der Waals surface area contributed by atoms with Crippen LogP contribution in [0.15, 0.2) is 43.4 Å². The van der Waals surface area contributed by atoms with Crippen LogP contribution in [0.5, 0.6) is 0 Å². The zero-order valence-corrected chi connectivity index (χ0v) is 13.1. The highest BCUT2D eigenvalue weighted by Crippen LogP contribution is 2.39. The Labute approximate surface area is 141 Å². The fraction of sp³-hybridized carbons (Fsp3) is 0.250. The third kappa shape index (κ3) is 3.10. The first-order valence-corrected chi connectivity index (χ1v) is 7.38. The first-order valence-electron chi connectivity index (χ1n) is 7.38. The molecule has 0 unspecified atom stereocenters. The molecule has 0 aliphatic carbocycles. The molecule has 6 nitrogen and oxygen atoms in total. The maximum Gasteiger partial charge on any atom is 0.164 e. The summed E-state index contributed by atoms with van der Waals surface area (Å²) < 4.78 is 43.5. The van der Waals surface area contributed by atoms with E-state index in [-0.39, 0.29) is 17.8 Å². The summed E-state index contributed by atoms with van der Waals surface area (Å²) >= 11 is 0. The van der Waals surface area contributed by atoms with Crippen LogP contribution >= 0.6 is 0 Å². The summed E-state index contributed by atoms with van der Waals surface area (Å²) in [5.41, 5.74) is -2.48. The number of hydrogen-bond acceptors (Lipinski definition) is 5. The summed E-state index contributed by atoms with van der Waals surface area (Å²) in [7, 11) is 0. The third-order valence-corrected chi connectivity index (χ3v) is 4.11. The molecule has 130 valence electrons. The Morgan fingerprint density at radius 2 is 1.96 bits per heavy atom. The fourth-order valence-electron chi connectivity index (χ4n) is 2.72. The highest BCUT2D eigenvalue weighted by atomic mass is 19.2. The molecule has 3 rings (SSSR count). The van der Waals surface area contributed by atoms with E-state index >= 15 is 0 Å². The van der Waals surface area contributed by atoms with Crippen LogP contribution in [0.3, 0.4) is 0 Å². The number of halogens is 3. The van der Waals surface area contributed by atoms with Crippen molar-refractivity contribution in [3.8, 4) is 0 Å². The molecule has 0 saturated carbocycles. The Balaban J connectivity index is 2.15. The Kier molecular flexibility index (Phi) is 4.49. The van der Waals surface area contributed by atoms with E-state index in [0.29, 0.717) is 0 Å². The standard InChI is InChI=1S/C16H14F3N5O/c1-10(15-13(18)5-20-7-22-15)16(25,6-24-9-21-8-23-24)11-3-2-4-12(17)14(11)19/h2-5,7-10,25H,6H2,1H3/t10-,16+/m0/s1. The average molecular weight is 349 g/mol. The molecule has 0 aliphatic heterocycles. The molecule has 0 aliphatic rings. The van der Waals surface area contributed by atoms with Gasteiger partial charge in [0.2, 0.25) is 0 Å². The lowest BCUT2D eigenvalue weighted by atomic mass is 9.79. The molecule has 25 heavy (non-hydrogen) atoms. The first kappa shape index (κ1) is 17.0. The van der Waals surface area contributed by atoms with Crippen LogP contribution in [-0.4, -0.2) is 29.8 Å². The van der Waals surface area contributed by atoms with Gasteiger partial charge in [-0.3, -0.25) is 0 Å². The van der Waals surface area contributed by atoms with E-state index in [4.69, 9.17) is 0 Å². The van der Waals surface area contributed by atoms with Gasteiger partial charge in [0.05, 0.1) is 18.4 Å². The van der Waals surface area contributed by atoms with E-state index < -0.39 is 29.0 Å². The van der Waals surface area contributed by atoms with Gasteiger partial charge in [-0.05, 0) is 6.07 Å². The maximum atomic E-state index is 14.4. The molecule has 2 heterocycles. The number of hydrogen-bond donors (Lipinski definition) is 1. The van der Waals surface area contributed by atoms with Gasteiger partial charge in [-0.2, -0.15) is 5.10 Å². The Morgan fingerprint density at radius 3 is 2.64 bits per heavy atom. The van der Waals surface area contributed by atoms with Crippen molar-refractivity contribution >= 4 is 0 Å². The predicted molar refractivity (Wildman–Crippen MR) is 80.7 cm³/mol. The van der Waals surface area contributed by atoms with E-state index in [1.807, 2.05) is 0 Å². The van der Waals surface area contributed by atoms with Gasteiger partial charge in [0.15, 0.2) is 17.5 Å². The molecule has 1 aromatic carbocycles. The summed E-state index contributed by atoms with van der Waals surface area (Å²) in [6, 6.07) is 3.44. The number of nitrogens with zero attached hydrogens (tertiary/aromatic N) is 5. The van der Waals surface area contributed by atoms with Crippen molar-refractivity contribution in [1.29, 1.82) is 0 Å². The van der Waals surface area contributed by atoms with Gasteiger partial charge in [0, 0.05) is 11.5 Å². The molecule has 9 heteroatoms. The molecule has 0 bridgehead atoms. The second-order valence-electron chi connectivity index (χ2n) is 5.60. The van der Waals surface area contributed by atoms with Crippen LogP contribution in [0.25, 0.3) is 0 Å². The van der Waals surface area contributed by atoms with Gasteiger partial charge < -0.3 is 5.11 Å². The van der Waals surface area contributed by atoms with E-state index in [1.54, 1.807) is 0 Å². The molecule has 1 N–H and O–H groups in total. The van der Waals surface area contributed by atoms with Crippen LogP contribution in [0.1, 0.15) is 24.1 Å². The van der Waals surface area contributed by atoms with Crippen molar-refractivity contribution in [3.63, 3.8) is 0 Å². The zero-order chi connectivity index (χ0) is 18.0. The lowest BCUT2D eigenvalue weighted by molar-refractivity contribution is -0.0138. The van der Waals surface area contributed by atoms with E-state index in [2.05, 4.69) is 20.1 Å². The first-order chi connectivity index (χ1) is 11.9. The Hall–Kier alpha value is -2.81. The molecule has 2 aromatic heterocycles. The molecule has 0 saturated heterocycles. The summed E-state index contributed by atoms with van der Waals surface area (Å²) in [6.45, 7) is 1.19. The number of benzene rings is 1. The lowest BCUT2D eigenvalue weighted by Gasteiger charge is -2.34. The number of rotatable bonds is 5. The summed E-state index contributed by atoms with van der Waals surface area (Å²) in [5.74, 6) is -4.13. The Bertz CT molecular complexity index is 874. The van der Waals surface area contributed by atoms with E-state index in [1.165, 1.54) is 36.4 Å². The van der Waals surface area contributed by atoms with Gasteiger partial charge in [0.25, 0.3) is 0 Å². The Morgan fingerprint density at radius 1 is 1.16 bits per heavy atom. The molecule has 3 aromatic rings. The largest absolute Gasteiger partial charge is 0.382 e. The minimum Gasteiger partial charge on any atom is -0.382 e. The lowest BCUT2D eigenvalue weighted by Crippen LogP contribution is -2.39. The minimum atomic E-state index is -2.03. The van der Waals surface area contributed by atoms with Crippen LogP contribution in [0, 0.1) is 17.5 Å². The van der Waals surface area contributed by atoms with Gasteiger partial charge in [0.1, 0.15) is 24.6 Å². The fourth-order valence-corrected chi connectivity index (χ4v) is 2.72. The summed E-state index contributed by atoms with van der Waals surface area (Å²) in [6.07, 6.45) is 4.60. The molecule has 0 fully saturated rings. The van der Waals surface area contributed by atoms with Crippen LogP contribution in [0.2, 0.25) is 0 Å². The van der Waals surface area contributed by atoms with E-state index in [9.17, 15) is 18.3 Å². The van der Waals surface area contributed by atoms with Gasteiger partial charge in [-0.25, -0.2) is 32.8 Å². The summed E-state index contributed by atoms with van der Waals surface area (Å²) in [4.78, 5) is 11.2. The second-order valence-corrected chi connectivity index (χ2v) is 5.60. The topological polar surface area (TPSA) is 76.7 Å². The molecule has 0 radical (unpaired) electrons. The predicted octanol–water partition coefficient (Wildman–Crippen LogP) is 2.18. The molecule has 0 amide bonds. The highest BCUT2D eigenvalue weighted by molar-refractivity contribution is 5.30. The molecular formula is C16H14F3N5O. The monoisotopic (exact) mass is 349 g/mol.